The number of para-hydroxylation sites is 2. The van der Waals surface area contributed by atoms with Crippen LogP contribution in [0.1, 0.15) is 23.6 Å². The van der Waals surface area contributed by atoms with E-state index in [1.165, 1.54) is 0 Å². The van der Waals surface area contributed by atoms with Gasteiger partial charge in [0.25, 0.3) is 0 Å². The molecule has 0 saturated heterocycles. The van der Waals surface area contributed by atoms with E-state index in [-0.39, 0.29) is 18.5 Å². The van der Waals surface area contributed by atoms with Crippen LogP contribution in [0.4, 0.5) is 5.69 Å². The number of ether oxygens (including phenoxy) is 2. The Morgan fingerprint density at radius 1 is 0.871 bits per heavy atom. The summed E-state index contributed by atoms with van der Waals surface area (Å²) in [5, 5.41) is 7.70. The molecule has 152 valence electrons. The second-order valence-electron chi connectivity index (χ2n) is 7.54. The molecule has 0 amide bonds. The van der Waals surface area contributed by atoms with Crippen LogP contribution in [0.25, 0.3) is 11.0 Å². The maximum atomic E-state index is 12.8. The Balaban J connectivity index is 1.46. The van der Waals surface area contributed by atoms with Gasteiger partial charge in [0.15, 0.2) is 11.5 Å². The van der Waals surface area contributed by atoms with Gasteiger partial charge in [0.05, 0.1) is 23.0 Å². The van der Waals surface area contributed by atoms with Crippen LogP contribution in [-0.2, 0) is 0 Å². The molecule has 0 unspecified atom stereocenters. The monoisotopic (exact) mass is 410 g/mol. The number of hydrazone groups is 1. The fourth-order valence-corrected chi connectivity index (χ4v) is 4.13. The number of fused-ring (bicyclic) bond motifs is 2. The molecule has 0 saturated carbocycles. The van der Waals surface area contributed by atoms with Gasteiger partial charge in [-0.2, -0.15) is 5.10 Å². The zero-order valence-electron chi connectivity index (χ0n) is 16.5. The van der Waals surface area contributed by atoms with Gasteiger partial charge < -0.3 is 13.9 Å². The van der Waals surface area contributed by atoms with Crippen molar-refractivity contribution in [1.29, 1.82) is 0 Å². The second-order valence-corrected chi connectivity index (χ2v) is 7.54. The molecule has 0 radical (unpaired) electrons. The third-order valence-electron chi connectivity index (χ3n) is 5.66. The van der Waals surface area contributed by atoms with Crippen molar-refractivity contribution >= 4 is 22.4 Å². The van der Waals surface area contributed by atoms with Gasteiger partial charge in [-0.15, -0.1) is 0 Å². The van der Waals surface area contributed by atoms with Gasteiger partial charge in [-0.25, -0.2) is 4.79 Å². The Morgan fingerprint density at radius 2 is 1.68 bits per heavy atom. The number of benzene rings is 3. The van der Waals surface area contributed by atoms with Gasteiger partial charge in [-0.3, -0.25) is 5.01 Å². The number of anilines is 1. The van der Waals surface area contributed by atoms with Crippen LogP contribution < -0.4 is 20.1 Å². The summed E-state index contributed by atoms with van der Waals surface area (Å²) in [7, 11) is 0. The van der Waals surface area contributed by atoms with Crippen LogP contribution in [0.3, 0.4) is 0 Å². The summed E-state index contributed by atoms with van der Waals surface area (Å²) in [4.78, 5) is 12.8. The lowest BCUT2D eigenvalue weighted by molar-refractivity contribution is 0.174. The normalized spacial score (nSPS) is 17.2. The molecular weight excluding hydrogens is 392 g/mol. The summed E-state index contributed by atoms with van der Waals surface area (Å²) in [6.45, 7) is 0.228. The molecule has 1 atom stereocenters. The molecular formula is C25H18N2O4. The van der Waals surface area contributed by atoms with Crippen molar-refractivity contribution < 1.29 is 13.9 Å². The van der Waals surface area contributed by atoms with E-state index >= 15 is 0 Å². The first-order chi connectivity index (χ1) is 15.3. The van der Waals surface area contributed by atoms with E-state index in [9.17, 15) is 4.79 Å². The summed E-state index contributed by atoms with van der Waals surface area (Å²) in [6.07, 6.45) is 0.567. The largest absolute Gasteiger partial charge is 0.454 e. The summed E-state index contributed by atoms with van der Waals surface area (Å²) < 4.78 is 16.6. The number of nitrogens with zero attached hydrogens (tertiary/aromatic N) is 2. The van der Waals surface area contributed by atoms with Crippen molar-refractivity contribution in [2.24, 2.45) is 5.10 Å². The fourth-order valence-electron chi connectivity index (χ4n) is 4.13. The van der Waals surface area contributed by atoms with E-state index in [0.717, 1.165) is 28.1 Å². The SMILES string of the molecule is O=c1oc2ccccc2cc1C1=NN(c2ccccc2)[C@@H](c2ccc3c(c2)OCO3)C1. The van der Waals surface area contributed by atoms with Gasteiger partial charge in [0.2, 0.25) is 6.79 Å². The smallest absolute Gasteiger partial charge is 0.345 e. The van der Waals surface area contributed by atoms with Gasteiger partial charge in [-0.1, -0.05) is 42.5 Å². The molecule has 3 heterocycles. The molecule has 2 aliphatic heterocycles. The molecule has 31 heavy (non-hydrogen) atoms. The van der Waals surface area contributed by atoms with Gasteiger partial charge in [0, 0.05) is 11.8 Å². The molecule has 3 aromatic carbocycles. The molecule has 6 nitrogen and oxygen atoms in total. The van der Waals surface area contributed by atoms with Crippen LogP contribution in [0, 0.1) is 0 Å². The first kappa shape index (κ1) is 17.8. The quantitative estimate of drug-likeness (QED) is 0.451. The minimum Gasteiger partial charge on any atom is -0.454 e. The Hall–Kier alpha value is -4.06. The van der Waals surface area contributed by atoms with Crippen LogP contribution >= 0.6 is 0 Å². The highest BCUT2D eigenvalue weighted by Gasteiger charge is 2.32. The predicted molar refractivity (Wildman–Crippen MR) is 118 cm³/mol. The maximum Gasteiger partial charge on any atom is 0.345 e. The number of hydrogen-bond donors (Lipinski definition) is 0. The minimum atomic E-state index is -0.378. The van der Waals surface area contributed by atoms with Crippen molar-refractivity contribution in [3.63, 3.8) is 0 Å². The average molecular weight is 410 g/mol. The highest BCUT2D eigenvalue weighted by Crippen LogP contribution is 2.40. The van der Waals surface area contributed by atoms with Crippen molar-refractivity contribution in [3.8, 4) is 11.5 Å². The summed E-state index contributed by atoms with van der Waals surface area (Å²) in [5.74, 6) is 1.47. The summed E-state index contributed by atoms with van der Waals surface area (Å²) in [5.41, 5.74) is 3.37. The fraction of sp³-hybridized carbons (Fsp3) is 0.120. The molecule has 2 aliphatic rings. The standard InChI is InChI=1S/C25H18N2O4/c28-25-19(12-17-6-4-5-9-22(17)31-25)20-14-21(27(26-20)18-7-2-1-3-8-18)16-10-11-23-24(13-16)30-15-29-23/h1-13,21H,14-15H2/t21-/m1/s1. The van der Waals surface area contributed by atoms with Crippen LogP contribution in [0.15, 0.2) is 93.2 Å². The molecule has 1 aromatic heterocycles. The maximum absolute atomic E-state index is 12.8. The van der Waals surface area contributed by atoms with Gasteiger partial charge in [0.1, 0.15) is 5.58 Å². The van der Waals surface area contributed by atoms with E-state index in [1.54, 1.807) is 6.07 Å². The van der Waals surface area contributed by atoms with Crippen molar-refractivity contribution in [3.05, 3.63) is 100 Å². The van der Waals surface area contributed by atoms with Crippen LogP contribution in [0.5, 0.6) is 11.5 Å². The zero-order valence-corrected chi connectivity index (χ0v) is 16.5. The van der Waals surface area contributed by atoms with Crippen LogP contribution in [-0.4, -0.2) is 12.5 Å². The molecule has 0 fully saturated rings. The second kappa shape index (κ2) is 7.02. The van der Waals surface area contributed by atoms with Crippen molar-refractivity contribution in [2.45, 2.75) is 12.5 Å². The molecule has 6 rings (SSSR count). The van der Waals surface area contributed by atoms with E-state index in [4.69, 9.17) is 19.0 Å². The first-order valence-electron chi connectivity index (χ1n) is 10.1. The lowest BCUT2D eigenvalue weighted by Gasteiger charge is -2.24. The van der Waals surface area contributed by atoms with E-state index in [1.807, 2.05) is 77.8 Å². The molecule has 0 aliphatic carbocycles. The Labute approximate surface area is 177 Å². The first-order valence-corrected chi connectivity index (χ1v) is 10.1. The molecule has 0 spiro atoms. The minimum absolute atomic E-state index is 0.0854. The predicted octanol–water partition coefficient (Wildman–Crippen LogP) is 4.88. The number of hydrogen-bond acceptors (Lipinski definition) is 6. The van der Waals surface area contributed by atoms with Crippen LogP contribution in [0.2, 0.25) is 0 Å². The van der Waals surface area contributed by atoms with Gasteiger partial charge in [-0.05, 0) is 42.0 Å². The Morgan fingerprint density at radius 3 is 2.58 bits per heavy atom. The molecule has 4 aromatic rings. The van der Waals surface area contributed by atoms with E-state index in [2.05, 4.69) is 0 Å². The van der Waals surface area contributed by atoms with Gasteiger partial charge >= 0.3 is 5.63 Å². The summed E-state index contributed by atoms with van der Waals surface area (Å²) >= 11 is 0. The van der Waals surface area contributed by atoms with E-state index < -0.39 is 0 Å². The molecule has 0 bridgehead atoms. The number of rotatable bonds is 3. The summed E-state index contributed by atoms with van der Waals surface area (Å²) in [6, 6.07) is 25.2. The third kappa shape index (κ3) is 3.04. The zero-order chi connectivity index (χ0) is 20.8. The van der Waals surface area contributed by atoms with Crippen molar-refractivity contribution in [2.75, 3.05) is 11.8 Å². The lowest BCUT2D eigenvalue weighted by Crippen LogP contribution is -2.18. The third-order valence-corrected chi connectivity index (χ3v) is 5.66. The highest BCUT2D eigenvalue weighted by molar-refractivity contribution is 6.04. The van der Waals surface area contributed by atoms with Crippen molar-refractivity contribution in [1.82, 2.24) is 0 Å². The Bertz CT molecular complexity index is 1380. The topological polar surface area (TPSA) is 64.3 Å². The van der Waals surface area contributed by atoms with E-state index in [0.29, 0.717) is 23.3 Å². The lowest BCUT2D eigenvalue weighted by atomic mass is 9.98. The highest BCUT2D eigenvalue weighted by atomic mass is 16.7. The molecule has 6 heteroatoms. The Kier molecular flexibility index (Phi) is 4.02. The average Bonchev–Trinajstić information content (AvgIpc) is 3.46. The molecule has 0 N–H and O–H groups in total.